The molecule has 0 radical (unpaired) electrons. The lowest BCUT2D eigenvalue weighted by Crippen LogP contribution is -2.39. The number of pyridine rings is 1. The van der Waals surface area contributed by atoms with Gasteiger partial charge in [0.05, 0.1) is 5.69 Å². The highest BCUT2D eigenvalue weighted by Crippen LogP contribution is 2.21. The number of anilines is 1. The van der Waals surface area contributed by atoms with Gasteiger partial charge in [0, 0.05) is 37.7 Å². The second kappa shape index (κ2) is 7.02. The molecular weight excluding hydrogens is 286 g/mol. The number of aromatic nitrogens is 1. The zero-order chi connectivity index (χ0) is 15.4. The van der Waals surface area contributed by atoms with Crippen molar-refractivity contribution in [1.29, 1.82) is 0 Å². The molecule has 2 amide bonds. The third-order valence-corrected chi connectivity index (χ3v) is 4.98. The van der Waals surface area contributed by atoms with Gasteiger partial charge in [-0.25, -0.2) is 4.79 Å². The topological polar surface area (TPSA) is 54.3 Å². The Morgan fingerprint density at radius 2 is 2.19 bits per heavy atom. The summed E-state index contributed by atoms with van der Waals surface area (Å²) < 4.78 is 1.48. The lowest BCUT2D eigenvalue weighted by Gasteiger charge is -2.24. The van der Waals surface area contributed by atoms with Gasteiger partial charge in [0.1, 0.15) is 0 Å². The molecule has 0 unspecified atom stereocenters. The van der Waals surface area contributed by atoms with Crippen LogP contribution in [0, 0.1) is 6.92 Å². The molecule has 21 heavy (non-hydrogen) atoms. The van der Waals surface area contributed by atoms with Crippen LogP contribution >= 0.6 is 11.8 Å². The summed E-state index contributed by atoms with van der Waals surface area (Å²) in [4.78, 5) is 25.9. The summed E-state index contributed by atoms with van der Waals surface area (Å²) in [7, 11) is 1.69. The summed E-state index contributed by atoms with van der Waals surface area (Å²) in [6.07, 6.45) is 7.18. The molecule has 1 aliphatic rings. The molecule has 5 nitrogen and oxygen atoms in total. The highest BCUT2D eigenvalue weighted by atomic mass is 32.2. The summed E-state index contributed by atoms with van der Waals surface area (Å²) in [6, 6.07) is 1.47. The molecule has 1 atom stereocenters. The van der Waals surface area contributed by atoms with Crippen LogP contribution in [0.3, 0.4) is 0 Å². The van der Waals surface area contributed by atoms with Gasteiger partial charge in [-0.2, -0.15) is 11.8 Å². The molecule has 1 aliphatic heterocycles. The minimum absolute atomic E-state index is 0.0669. The summed E-state index contributed by atoms with van der Waals surface area (Å²) >= 11 is 1.83. The van der Waals surface area contributed by atoms with Gasteiger partial charge in [-0.1, -0.05) is 6.42 Å². The largest absolute Gasteiger partial charge is 0.323 e. The first-order valence-electron chi connectivity index (χ1n) is 7.27. The second-order valence-corrected chi connectivity index (χ2v) is 6.69. The highest BCUT2D eigenvalue weighted by Gasteiger charge is 2.21. The minimum Gasteiger partial charge on any atom is -0.323 e. The number of rotatable bonds is 2. The van der Waals surface area contributed by atoms with Gasteiger partial charge < -0.3 is 14.8 Å². The van der Waals surface area contributed by atoms with Crippen molar-refractivity contribution < 1.29 is 4.79 Å². The van der Waals surface area contributed by atoms with Crippen molar-refractivity contribution in [3.8, 4) is 0 Å². The van der Waals surface area contributed by atoms with Crippen LogP contribution in [0.25, 0.3) is 0 Å². The predicted octanol–water partition coefficient (Wildman–Crippen LogP) is 2.44. The number of hydrogen-bond donors (Lipinski definition) is 1. The van der Waals surface area contributed by atoms with Gasteiger partial charge in [0.2, 0.25) is 0 Å². The van der Waals surface area contributed by atoms with E-state index >= 15 is 0 Å². The average molecular weight is 309 g/mol. The maximum absolute atomic E-state index is 12.4. The zero-order valence-electron chi connectivity index (χ0n) is 12.9. The number of nitrogens with zero attached hydrogens (tertiary/aromatic N) is 2. The molecular formula is C15H23N3O2S. The molecule has 116 valence electrons. The molecule has 0 aromatic carbocycles. The Kier molecular flexibility index (Phi) is 5.33. The Hall–Kier alpha value is -1.43. The van der Waals surface area contributed by atoms with Crippen LogP contribution in [-0.2, 0) is 7.05 Å². The van der Waals surface area contributed by atoms with Gasteiger partial charge in [-0.15, -0.1) is 0 Å². The molecule has 0 saturated carbocycles. The molecule has 2 heterocycles. The molecule has 6 heteroatoms. The Morgan fingerprint density at radius 3 is 2.90 bits per heavy atom. The van der Waals surface area contributed by atoms with Gasteiger partial charge >= 0.3 is 6.03 Å². The van der Waals surface area contributed by atoms with Crippen molar-refractivity contribution in [2.24, 2.45) is 7.05 Å². The third kappa shape index (κ3) is 4.03. The molecule has 0 spiro atoms. The van der Waals surface area contributed by atoms with Gasteiger partial charge in [0.25, 0.3) is 5.56 Å². The van der Waals surface area contributed by atoms with Crippen LogP contribution in [0.1, 0.15) is 24.8 Å². The van der Waals surface area contributed by atoms with E-state index in [0.29, 0.717) is 10.9 Å². The number of likely N-dealkylation sites (tertiary alicyclic amines) is 1. The molecule has 0 aliphatic carbocycles. The van der Waals surface area contributed by atoms with Crippen LogP contribution in [0.4, 0.5) is 10.5 Å². The Bertz CT molecular complexity index is 571. The van der Waals surface area contributed by atoms with Crippen molar-refractivity contribution in [2.45, 2.75) is 31.4 Å². The van der Waals surface area contributed by atoms with E-state index in [-0.39, 0.29) is 11.6 Å². The van der Waals surface area contributed by atoms with E-state index in [1.165, 1.54) is 17.4 Å². The number of carbonyl (C=O) groups is 1. The van der Waals surface area contributed by atoms with Crippen LogP contribution < -0.4 is 10.9 Å². The number of thioether (sulfide) groups is 1. The molecule has 1 fully saturated rings. The first-order valence-corrected chi connectivity index (χ1v) is 8.56. The van der Waals surface area contributed by atoms with Crippen molar-refractivity contribution in [2.75, 3.05) is 24.7 Å². The van der Waals surface area contributed by atoms with Crippen molar-refractivity contribution in [1.82, 2.24) is 9.47 Å². The fourth-order valence-electron chi connectivity index (χ4n) is 2.53. The molecule has 1 saturated heterocycles. The summed E-state index contributed by atoms with van der Waals surface area (Å²) in [5, 5.41) is 3.45. The smallest absolute Gasteiger partial charge is 0.321 e. The SMILES string of the molecule is CS[C@@H]1CCCCN(C(=O)Nc2cn(C)c(=O)cc2C)C1. The van der Waals surface area contributed by atoms with E-state index in [2.05, 4.69) is 11.6 Å². The Balaban J connectivity index is 2.10. The lowest BCUT2D eigenvalue weighted by molar-refractivity contribution is 0.214. The quantitative estimate of drug-likeness (QED) is 0.913. The molecule has 1 aromatic heterocycles. The fourth-order valence-corrected chi connectivity index (χ4v) is 3.26. The highest BCUT2D eigenvalue weighted by molar-refractivity contribution is 7.99. The van der Waals surface area contributed by atoms with Gasteiger partial charge in [0.15, 0.2) is 0 Å². The number of hydrogen-bond acceptors (Lipinski definition) is 3. The zero-order valence-corrected chi connectivity index (χ0v) is 13.7. The maximum atomic E-state index is 12.4. The predicted molar refractivity (Wildman–Crippen MR) is 88.2 cm³/mol. The number of urea groups is 1. The fraction of sp³-hybridized carbons (Fsp3) is 0.600. The van der Waals surface area contributed by atoms with E-state index in [9.17, 15) is 9.59 Å². The minimum atomic E-state index is -0.0716. The van der Waals surface area contributed by atoms with Gasteiger partial charge in [-0.05, 0) is 31.6 Å². The summed E-state index contributed by atoms with van der Waals surface area (Å²) in [5.74, 6) is 0. The van der Waals surface area contributed by atoms with Crippen LogP contribution in [0.15, 0.2) is 17.1 Å². The Labute approximate surface area is 129 Å². The number of carbonyl (C=O) groups excluding carboxylic acids is 1. The third-order valence-electron chi connectivity index (χ3n) is 3.93. The molecule has 2 rings (SSSR count). The van der Waals surface area contributed by atoms with E-state index in [0.717, 1.165) is 25.1 Å². The normalized spacial score (nSPS) is 19.2. The first kappa shape index (κ1) is 15.9. The van der Waals surface area contributed by atoms with Crippen molar-refractivity contribution >= 4 is 23.5 Å². The standard InChI is InChI=1S/C15H23N3O2S/c1-11-8-14(19)17(2)10-13(11)16-15(20)18-7-5-4-6-12(9-18)21-3/h8,10,12H,4-7,9H2,1-3H3,(H,16,20)/t12-/m1/s1. The van der Waals surface area contributed by atoms with Crippen molar-refractivity contribution in [3.05, 3.63) is 28.2 Å². The summed E-state index contributed by atoms with van der Waals surface area (Å²) in [6.45, 7) is 3.43. The maximum Gasteiger partial charge on any atom is 0.321 e. The Morgan fingerprint density at radius 1 is 1.43 bits per heavy atom. The molecule has 1 N–H and O–H groups in total. The number of nitrogens with one attached hydrogen (secondary N) is 1. The van der Waals surface area contributed by atoms with Crippen molar-refractivity contribution in [3.63, 3.8) is 0 Å². The lowest BCUT2D eigenvalue weighted by atomic mass is 10.2. The number of aryl methyl sites for hydroxylation is 2. The van der Waals surface area contributed by atoms with Crippen LogP contribution in [0.5, 0.6) is 0 Å². The van der Waals surface area contributed by atoms with Crippen LogP contribution in [0.2, 0.25) is 0 Å². The summed E-state index contributed by atoms with van der Waals surface area (Å²) in [5.41, 5.74) is 1.43. The molecule has 0 bridgehead atoms. The van der Waals surface area contributed by atoms with E-state index in [1.807, 2.05) is 23.6 Å². The number of amides is 2. The molecule has 1 aromatic rings. The van der Waals surface area contributed by atoms with E-state index in [4.69, 9.17) is 0 Å². The van der Waals surface area contributed by atoms with E-state index in [1.54, 1.807) is 19.3 Å². The van der Waals surface area contributed by atoms with Gasteiger partial charge in [-0.3, -0.25) is 4.79 Å². The monoisotopic (exact) mass is 309 g/mol. The average Bonchev–Trinajstić information content (AvgIpc) is 2.70. The first-order chi connectivity index (χ1) is 10.0. The van der Waals surface area contributed by atoms with Crippen LogP contribution in [-0.4, -0.2) is 40.1 Å². The van der Waals surface area contributed by atoms with E-state index < -0.39 is 0 Å². The second-order valence-electron chi connectivity index (χ2n) is 5.55.